The molecule has 19 heavy (non-hydrogen) atoms. The van der Waals surface area contributed by atoms with Crippen LogP contribution in [0.4, 0.5) is 5.69 Å². The maximum Gasteiger partial charge on any atom is 0.0361 e. The van der Waals surface area contributed by atoms with Crippen molar-refractivity contribution in [1.29, 1.82) is 0 Å². The summed E-state index contributed by atoms with van der Waals surface area (Å²) in [5.74, 6) is 0. The van der Waals surface area contributed by atoms with Gasteiger partial charge in [-0.1, -0.05) is 18.2 Å². The number of nitrogens with zero attached hydrogens (tertiary/aromatic N) is 1. The Labute approximate surface area is 120 Å². The highest BCUT2D eigenvalue weighted by molar-refractivity contribution is 7.09. The molecule has 0 spiro atoms. The molecule has 1 N–H and O–H groups in total. The van der Waals surface area contributed by atoms with E-state index in [2.05, 4.69) is 73.0 Å². The van der Waals surface area contributed by atoms with Gasteiger partial charge in [-0.15, -0.1) is 11.3 Å². The van der Waals surface area contributed by atoms with E-state index < -0.39 is 0 Å². The fraction of sp³-hybridized carbons (Fsp3) is 0.375. The molecule has 1 atom stereocenters. The summed E-state index contributed by atoms with van der Waals surface area (Å²) < 4.78 is 0. The molecule has 1 heterocycles. The number of hydrogen-bond acceptors (Lipinski definition) is 3. The Kier molecular flexibility index (Phi) is 5.00. The van der Waals surface area contributed by atoms with Gasteiger partial charge in [-0.25, -0.2) is 0 Å². The number of anilines is 1. The minimum absolute atomic E-state index is 0.507. The van der Waals surface area contributed by atoms with Crippen molar-refractivity contribution in [3.05, 3.63) is 52.2 Å². The van der Waals surface area contributed by atoms with Crippen LogP contribution in [0.2, 0.25) is 0 Å². The maximum absolute atomic E-state index is 3.58. The second-order valence-electron chi connectivity index (χ2n) is 5.13. The molecule has 0 amide bonds. The minimum Gasteiger partial charge on any atom is -0.378 e. The van der Waals surface area contributed by atoms with Crippen LogP contribution in [0.3, 0.4) is 0 Å². The summed E-state index contributed by atoms with van der Waals surface area (Å²) in [6.45, 7) is 3.17. The quantitative estimate of drug-likeness (QED) is 0.867. The van der Waals surface area contributed by atoms with Crippen LogP contribution in [0, 0.1) is 0 Å². The van der Waals surface area contributed by atoms with Crippen molar-refractivity contribution in [2.45, 2.75) is 25.9 Å². The van der Waals surface area contributed by atoms with Crippen LogP contribution in [-0.4, -0.2) is 20.1 Å². The van der Waals surface area contributed by atoms with Gasteiger partial charge in [0.15, 0.2) is 0 Å². The molecule has 0 fully saturated rings. The summed E-state index contributed by atoms with van der Waals surface area (Å²) in [6.07, 6.45) is 1.10. The Balaban J connectivity index is 1.81. The first-order valence-electron chi connectivity index (χ1n) is 6.67. The van der Waals surface area contributed by atoms with Gasteiger partial charge in [-0.3, -0.25) is 0 Å². The summed E-state index contributed by atoms with van der Waals surface area (Å²) in [5, 5.41) is 5.72. The lowest BCUT2D eigenvalue weighted by Gasteiger charge is -2.15. The van der Waals surface area contributed by atoms with Crippen LogP contribution in [0.15, 0.2) is 41.8 Å². The number of benzene rings is 1. The van der Waals surface area contributed by atoms with E-state index in [-0.39, 0.29) is 0 Å². The average molecular weight is 274 g/mol. The van der Waals surface area contributed by atoms with Crippen molar-refractivity contribution < 1.29 is 0 Å². The fourth-order valence-electron chi connectivity index (χ4n) is 2.01. The highest BCUT2D eigenvalue weighted by Crippen LogP contribution is 2.13. The van der Waals surface area contributed by atoms with E-state index in [1.54, 1.807) is 0 Å². The van der Waals surface area contributed by atoms with Crippen molar-refractivity contribution in [3.8, 4) is 0 Å². The third kappa shape index (κ3) is 4.37. The molecular weight excluding hydrogens is 252 g/mol. The van der Waals surface area contributed by atoms with Gasteiger partial charge < -0.3 is 10.2 Å². The lowest BCUT2D eigenvalue weighted by atomic mass is 10.1. The average Bonchev–Trinajstić information content (AvgIpc) is 2.89. The Bertz CT molecular complexity index is 474. The lowest BCUT2D eigenvalue weighted by molar-refractivity contribution is 0.548. The first kappa shape index (κ1) is 14.1. The summed E-state index contributed by atoms with van der Waals surface area (Å²) in [6, 6.07) is 13.6. The normalized spacial score (nSPS) is 12.4. The Morgan fingerprint density at radius 2 is 1.89 bits per heavy atom. The van der Waals surface area contributed by atoms with Crippen LogP contribution < -0.4 is 10.2 Å². The molecule has 102 valence electrons. The fourth-order valence-corrected chi connectivity index (χ4v) is 2.84. The summed E-state index contributed by atoms with van der Waals surface area (Å²) >= 11 is 1.83. The van der Waals surface area contributed by atoms with Gasteiger partial charge in [-0.05, 0) is 42.5 Å². The largest absolute Gasteiger partial charge is 0.378 e. The molecule has 0 radical (unpaired) electrons. The van der Waals surface area contributed by atoms with Crippen LogP contribution in [0.5, 0.6) is 0 Å². The predicted octanol–water partition coefficient (Wildman–Crippen LogP) is 3.53. The highest BCUT2D eigenvalue weighted by Gasteiger charge is 2.04. The SMILES string of the molecule is CC(Cc1cccs1)NCc1ccc(N(C)C)cc1. The van der Waals surface area contributed by atoms with Gasteiger partial charge in [0.2, 0.25) is 0 Å². The van der Waals surface area contributed by atoms with Gasteiger partial charge in [0, 0.05) is 37.2 Å². The van der Waals surface area contributed by atoms with Crippen LogP contribution in [-0.2, 0) is 13.0 Å². The number of hydrogen-bond donors (Lipinski definition) is 1. The second-order valence-corrected chi connectivity index (χ2v) is 6.16. The standard InChI is InChI=1S/C16H22N2S/c1-13(11-16-5-4-10-19-16)17-12-14-6-8-15(9-7-14)18(2)3/h4-10,13,17H,11-12H2,1-3H3. The molecule has 0 bridgehead atoms. The van der Waals surface area contributed by atoms with Gasteiger partial charge in [0.25, 0.3) is 0 Å². The van der Waals surface area contributed by atoms with Gasteiger partial charge >= 0.3 is 0 Å². The molecule has 2 rings (SSSR count). The molecule has 2 aromatic rings. The van der Waals surface area contributed by atoms with Crippen molar-refractivity contribution in [1.82, 2.24) is 5.32 Å². The van der Waals surface area contributed by atoms with E-state index in [0.29, 0.717) is 6.04 Å². The molecule has 0 aliphatic carbocycles. The third-order valence-electron chi connectivity index (χ3n) is 3.19. The Morgan fingerprint density at radius 3 is 2.47 bits per heavy atom. The zero-order valence-corrected chi connectivity index (χ0v) is 12.7. The van der Waals surface area contributed by atoms with Gasteiger partial charge in [0.1, 0.15) is 0 Å². The molecule has 0 saturated heterocycles. The number of thiophene rings is 1. The van der Waals surface area contributed by atoms with Crippen molar-refractivity contribution >= 4 is 17.0 Å². The predicted molar refractivity (Wildman–Crippen MR) is 85.1 cm³/mol. The maximum atomic E-state index is 3.58. The van der Waals surface area contributed by atoms with E-state index in [9.17, 15) is 0 Å². The minimum atomic E-state index is 0.507. The second kappa shape index (κ2) is 6.73. The molecule has 2 nitrogen and oxygen atoms in total. The zero-order chi connectivity index (χ0) is 13.7. The van der Waals surface area contributed by atoms with Crippen molar-refractivity contribution in [2.24, 2.45) is 0 Å². The first-order valence-corrected chi connectivity index (χ1v) is 7.55. The van der Waals surface area contributed by atoms with Gasteiger partial charge in [0.05, 0.1) is 0 Å². The molecule has 3 heteroatoms. The van der Waals surface area contributed by atoms with Crippen LogP contribution in [0.25, 0.3) is 0 Å². The molecule has 0 aliphatic rings. The molecule has 1 aromatic carbocycles. The van der Waals surface area contributed by atoms with Crippen molar-refractivity contribution in [3.63, 3.8) is 0 Å². The third-order valence-corrected chi connectivity index (χ3v) is 4.09. The Morgan fingerprint density at radius 1 is 1.16 bits per heavy atom. The summed E-state index contributed by atoms with van der Waals surface area (Å²) in [5.41, 5.74) is 2.58. The van der Waals surface area contributed by atoms with E-state index in [0.717, 1.165) is 13.0 Å². The van der Waals surface area contributed by atoms with Gasteiger partial charge in [-0.2, -0.15) is 0 Å². The van der Waals surface area contributed by atoms with E-state index in [4.69, 9.17) is 0 Å². The van der Waals surface area contributed by atoms with Crippen LogP contribution in [0.1, 0.15) is 17.4 Å². The van der Waals surface area contributed by atoms with Crippen molar-refractivity contribution in [2.75, 3.05) is 19.0 Å². The molecule has 0 aliphatic heterocycles. The molecule has 1 unspecified atom stereocenters. The van der Waals surface area contributed by atoms with Crippen LogP contribution >= 0.6 is 11.3 Å². The molecule has 0 saturated carbocycles. The molecular formula is C16H22N2S. The van der Waals surface area contributed by atoms with E-state index in [1.807, 2.05) is 11.3 Å². The number of nitrogens with one attached hydrogen (secondary N) is 1. The summed E-state index contributed by atoms with van der Waals surface area (Å²) in [7, 11) is 4.13. The number of rotatable bonds is 6. The van der Waals surface area contributed by atoms with E-state index in [1.165, 1.54) is 16.1 Å². The molecule has 1 aromatic heterocycles. The Hall–Kier alpha value is -1.32. The summed E-state index contributed by atoms with van der Waals surface area (Å²) in [4.78, 5) is 3.57. The monoisotopic (exact) mass is 274 g/mol. The lowest BCUT2D eigenvalue weighted by Crippen LogP contribution is -2.27. The topological polar surface area (TPSA) is 15.3 Å². The van der Waals surface area contributed by atoms with E-state index >= 15 is 0 Å². The first-order chi connectivity index (χ1) is 9.15. The zero-order valence-electron chi connectivity index (χ0n) is 11.9. The smallest absolute Gasteiger partial charge is 0.0361 e. The highest BCUT2D eigenvalue weighted by atomic mass is 32.1.